The Bertz CT molecular complexity index is 162. The number of carboxylic acid groups (broad SMARTS) is 2. The molecule has 0 heterocycles. The number of carboxylic acids is 2. The molecule has 0 saturated heterocycles. The third-order valence-electron chi connectivity index (χ3n) is 1.61. The van der Waals surface area contributed by atoms with Gasteiger partial charge >= 0.3 is 11.9 Å². The maximum absolute atomic E-state index is 10.5. The molecule has 0 aliphatic carbocycles. The van der Waals surface area contributed by atoms with Crippen LogP contribution >= 0.6 is 0 Å². The van der Waals surface area contributed by atoms with E-state index in [0.717, 1.165) is 0 Å². The van der Waals surface area contributed by atoms with Crippen LogP contribution in [0.4, 0.5) is 0 Å². The Hall–Kier alpha value is -1.14. The van der Waals surface area contributed by atoms with Crippen LogP contribution < -0.4 is 11.3 Å². The molecule has 70 valence electrons. The molecule has 0 spiro atoms. The lowest BCUT2D eigenvalue weighted by molar-refractivity contribution is -0.151. The number of hydrogen-bond acceptors (Lipinski definition) is 4. The van der Waals surface area contributed by atoms with Gasteiger partial charge < -0.3 is 10.2 Å². The van der Waals surface area contributed by atoms with E-state index in [1.165, 1.54) is 0 Å². The van der Waals surface area contributed by atoms with Crippen LogP contribution in [0.3, 0.4) is 0 Å². The molecule has 0 aromatic rings. The van der Waals surface area contributed by atoms with Gasteiger partial charge in [0.1, 0.15) is 6.04 Å². The fraction of sp³-hybridized carbons (Fsp3) is 0.667. The van der Waals surface area contributed by atoms with Gasteiger partial charge in [0.2, 0.25) is 0 Å². The highest BCUT2D eigenvalue weighted by molar-refractivity contribution is 5.82. The summed E-state index contributed by atoms with van der Waals surface area (Å²) >= 11 is 0. The summed E-state index contributed by atoms with van der Waals surface area (Å²) in [5.74, 6) is 1.48. The third kappa shape index (κ3) is 2.48. The van der Waals surface area contributed by atoms with Gasteiger partial charge in [-0.2, -0.15) is 0 Å². The quantitative estimate of drug-likeness (QED) is 0.316. The van der Waals surface area contributed by atoms with Gasteiger partial charge in [-0.05, 0) is 6.42 Å². The van der Waals surface area contributed by atoms with Crippen LogP contribution in [0, 0.1) is 5.92 Å². The van der Waals surface area contributed by atoms with Crippen molar-refractivity contribution in [3.8, 4) is 0 Å². The minimum Gasteiger partial charge on any atom is -0.481 e. The van der Waals surface area contributed by atoms with E-state index in [4.69, 9.17) is 16.1 Å². The Kier molecular flexibility index (Phi) is 4.24. The second kappa shape index (κ2) is 4.68. The fourth-order valence-electron chi connectivity index (χ4n) is 0.912. The molecule has 0 aromatic carbocycles. The molecular weight excluding hydrogens is 164 g/mol. The first kappa shape index (κ1) is 10.9. The number of carbonyl (C=O) groups is 2. The number of nitrogens with two attached hydrogens (primary N) is 1. The van der Waals surface area contributed by atoms with Crippen molar-refractivity contribution < 1.29 is 19.8 Å². The maximum Gasteiger partial charge on any atom is 0.322 e. The summed E-state index contributed by atoms with van der Waals surface area (Å²) in [4.78, 5) is 20.9. The van der Waals surface area contributed by atoms with Gasteiger partial charge in [-0.25, -0.2) is 5.43 Å². The van der Waals surface area contributed by atoms with Gasteiger partial charge in [-0.1, -0.05) is 6.92 Å². The topological polar surface area (TPSA) is 113 Å². The molecule has 0 fully saturated rings. The lowest BCUT2D eigenvalue weighted by Crippen LogP contribution is -2.49. The molecule has 12 heavy (non-hydrogen) atoms. The standard InChI is InChI=1S/C6H12N2O4/c1-2-3(5(9)10)4(8-7)6(11)12/h3-4,8H,2,7H2,1H3,(H,9,10)(H,11,12)/t3-,4-/m0/s1. The first-order chi connectivity index (χ1) is 5.54. The smallest absolute Gasteiger partial charge is 0.322 e. The molecule has 0 aliphatic heterocycles. The monoisotopic (exact) mass is 176 g/mol. The Morgan fingerprint density at radius 3 is 2.00 bits per heavy atom. The van der Waals surface area contributed by atoms with Crippen molar-refractivity contribution in [2.75, 3.05) is 0 Å². The fourth-order valence-corrected chi connectivity index (χ4v) is 0.912. The van der Waals surface area contributed by atoms with E-state index in [-0.39, 0.29) is 6.42 Å². The van der Waals surface area contributed by atoms with Crippen molar-refractivity contribution in [1.29, 1.82) is 0 Å². The van der Waals surface area contributed by atoms with Crippen molar-refractivity contribution >= 4 is 11.9 Å². The molecule has 0 bridgehead atoms. The van der Waals surface area contributed by atoms with Crippen LogP contribution in [0.1, 0.15) is 13.3 Å². The van der Waals surface area contributed by atoms with E-state index in [1.54, 1.807) is 6.92 Å². The minimum absolute atomic E-state index is 0.219. The van der Waals surface area contributed by atoms with Crippen LogP contribution in [0.25, 0.3) is 0 Å². The van der Waals surface area contributed by atoms with E-state index < -0.39 is 23.9 Å². The highest BCUT2D eigenvalue weighted by Gasteiger charge is 2.31. The second-order valence-electron chi connectivity index (χ2n) is 2.34. The number of hydrogen-bond donors (Lipinski definition) is 4. The van der Waals surface area contributed by atoms with Crippen LogP contribution in [0.2, 0.25) is 0 Å². The van der Waals surface area contributed by atoms with Crippen molar-refractivity contribution in [3.05, 3.63) is 0 Å². The molecule has 0 aromatic heterocycles. The second-order valence-corrected chi connectivity index (χ2v) is 2.34. The van der Waals surface area contributed by atoms with Crippen molar-refractivity contribution in [2.24, 2.45) is 11.8 Å². The average molecular weight is 176 g/mol. The Labute approximate surface area is 69.3 Å². The number of aliphatic carboxylic acids is 2. The molecule has 0 saturated carbocycles. The van der Waals surface area contributed by atoms with Crippen LogP contribution in [-0.2, 0) is 9.59 Å². The lowest BCUT2D eigenvalue weighted by atomic mass is 9.98. The Morgan fingerprint density at radius 2 is 1.92 bits per heavy atom. The predicted molar refractivity (Wildman–Crippen MR) is 40.2 cm³/mol. The zero-order valence-corrected chi connectivity index (χ0v) is 6.65. The van der Waals surface area contributed by atoms with Crippen molar-refractivity contribution in [2.45, 2.75) is 19.4 Å². The van der Waals surface area contributed by atoms with E-state index in [2.05, 4.69) is 0 Å². The maximum atomic E-state index is 10.5. The lowest BCUT2D eigenvalue weighted by Gasteiger charge is -2.17. The normalized spacial score (nSPS) is 15.2. The van der Waals surface area contributed by atoms with Gasteiger partial charge in [-0.3, -0.25) is 15.4 Å². The molecule has 0 amide bonds. The molecule has 5 N–H and O–H groups in total. The van der Waals surface area contributed by atoms with E-state index >= 15 is 0 Å². The van der Waals surface area contributed by atoms with Crippen molar-refractivity contribution in [1.82, 2.24) is 5.43 Å². The summed E-state index contributed by atoms with van der Waals surface area (Å²) in [6.07, 6.45) is 0.219. The van der Waals surface area contributed by atoms with Gasteiger partial charge in [0.05, 0.1) is 5.92 Å². The molecule has 0 rings (SSSR count). The summed E-state index contributed by atoms with van der Waals surface area (Å²) in [6.45, 7) is 1.59. The Balaban J connectivity index is 4.44. The summed E-state index contributed by atoms with van der Waals surface area (Å²) in [5, 5.41) is 17.1. The summed E-state index contributed by atoms with van der Waals surface area (Å²) < 4.78 is 0. The van der Waals surface area contributed by atoms with Gasteiger partial charge in [-0.15, -0.1) is 0 Å². The SMILES string of the molecule is CC[C@H](C(=O)O)[C@H](NN)C(=O)O. The largest absolute Gasteiger partial charge is 0.481 e. The zero-order valence-electron chi connectivity index (χ0n) is 6.65. The summed E-state index contributed by atoms with van der Waals surface area (Å²) in [5.41, 5.74) is 1.95. The molecule has 0 unspecified atom stereocenters. The van der Waals surface area contributed by atoms with Crippen LogP contribution in [0.5, 0.6) is 0 Å². The zero-order chi connectivity index (χ0) is 9.72. The minimum atomic E-state index is -1.26. The molecule has 0 radical (unpaired) electrons. The van der Waals surface area contributed by atoms with E-state index in [9.17, 15) is 9.59 Å². The molecule has 6 heteroatoms. The summed E-state index contributed by atoms with van der Waals surface area (Å²) in [7, 11) is 0. The molecule has 6 nitrogen and oxygen atoms in total. The first-order valence-corrected chi connectivity index (χ1v) is 3.46. The molecule has 0 aliphatic rings. The van der Waals surface area contributed by atoms with Gasteiger partial charge in [0.15, 0.2) is 0 Å². The van der Waals surface area contributed by atoms with Crippen LogP contribution in [-0.4, -0.2) is 28.2 Å². The van der Waals surface area contributed by atoms with E-state index in [0.29, 0.717) is 0 Å². The van der Waals surface area contributed by atoms with E-state index in [1.807, 2.05) is 5.43 Å². The third-order valence-corrected chi connectivity index (χ3v) is 1.61. The number of hydrazine groups is 1. The van der Waals surface area contributed by atoms with Crippen molar-refractivity contribution in [3.63, 3.8) is 0 Å². The Morgan fingerprint density at radius 1 is 1.42 bits per heavy atom. The average Bonchev–Trinajstić information content (AvgIpc) is 1.98. The number of nitrogens with one attached hydrogen (secondary N) is 1. The van der Waals surface area contributed by atoms with Gasteiger partial charge in [0, 0.05) is 0 Å². The number of rotatable bonds is 5. The predicted octanol–water partition coefficient (Wildman–Crippen LogP) is -0.986. The van der Waals surface area contributed by atoms with Crippen LogP contribution in [0.15, 0.2) is 0 Å². The van der Waals surface area contributed by atoms with Gasteiger partial charge in [0.25, 0.3) is 0 Å². The first-order valence-electron chi connectivity index (χ1n) is 3.46. The molecule has 2 atom stereocenters. The highest BCUT2D eigenvalue weighted by atomic mass is 16.4. The molecular formula is C6H12N2O4. The summed E-state index contributed by atoms with van der Waals surface area (Å²) in [6, 6.07) is -1.23. The highest BCUT2D eigenvalue weighted by Crippen LogP contribution is 2.08.